The minimum absolute atomic E-state index is 0.0523. The number of nitrogens with two attached hydrogens (primary N) is 1. The van der Waals surface area contributed by atoms with Gasteiger partial charge in [0, 0.05) is 22.8 Å². The molecule has 1 fully saturated rings. The quantitative estimate of drug-likeness (QED) is 0.665. The fourth-order valence-corrected chi connectivity index (χ4v) is 3.76. The highest BCUT2D eigenvalue weighted by atomic mass is 32.1. The van der Waals surface area contributed by atoms with E-state index in [2.05, 4.69) is 15.6 Å². The molecule has 0 aromatic carbocycles. The number of carbonyl (C=O) groups is 2. The van der Waals surface area contributed by atoms with E-state index >= 15 is 0 Å². The molecule has 6 nitrogen and oxygen atoms in total. The molecule has 1 atom stereocenters. The van der Waals surface area contributed by atoms with Gasteiger partial charge in [-0.15, -0.1) is 22.7 Å². The van der Waals surface area contributed by atoms with Gasteiger partial charge in [-0.25, -0.2) is 4.98 Å². The Morgan fingerprint density at radius 2 is 2.12 bits per heavy atom. The van der Waals surface area contributed by atoms with Crippen molar-refractivity contribution in [2.24, 2.45) is 11.7 Å². The third kappa shape index (κ3) is 5.12. The number of anilines is 1. The van der Waals surface area contributed by atoms with Crippen molar-refractivity contribution in [3.63, 3.8) is 0 Å². The third-order valence-electron chi connectivity index (χ3n) is 3.82. The summed E-state index contributed by atoms with van der Waals surface area (Å²) in [6.45, 7) is 0.512. The van der Waals surface area contributed by atoms with Crippen LogP contribution in [-0.4, -0.2) is 29.4 Å². The molecular formula is C16H20N4O2S2. The van der Waals surface area contributed by atoms with Gasteiger partial charge in [0.1, 0.15) is 0 Å². The first-order valence-corrected chi connectivity index (χ1v) is 9.65. The van der Waals surface area contributed by atoms with E-state index in [1.807, 2.05) is 17.5 Å². The van der Waals surface area contributed by atoms with Crippen molar-refractivity contribution >= 4 is 39.6 Å². The van der Waals surface area contributed by atoms with Crippen molar-refractivity contribution in [3.05, 3.63) is 33.5 Å². The fraction of sp³-hybridized carbons (Fsp3) is 0.438. The number of nitrogens with one attached hydrogen (secondary N) is 2. The maximum Gasteiger partial charge on any atom is 0.231 e. The molecule has 1 saturated carbocycles. The predicted molar refractivity (Wildman–Crippen MR) is 96.2 cm³/mol. The van der Waals surface area contributed by atoms with Crippen molar-refractivity contribution in [1.29, 1.82) is 0 Å². The van der Waals surface area contributed by atoms with Gasteiger partial charge in [-0.1, -0.05) is 6.07 Å². The van der Waals surface area contributed by atoms with Gasteiger partial charge in [-0.3, -0.25) is 9.59 Å². The Hall–Kier alpha value is -1.77. The Balaban J connectivity index is 1.42. The van der Waals surface area contributed by atoms with Crippen LogP contribution in [-0.2, 0) is 22.4 Å². The molecular weight excluding hydrogens is 344 g/mol. The fourth-order valence-electron chi connectivity index (χ4n) is 2.33. The zero-order valence-electron chi connectivity index (χ0n) is 13.2. The number of nitrogens with zero attached hydrogens (tertiary/aromatic N) is 1. The van der Waals surface area contributed by atoms with Crippen LogP contribution in [0.25, 0.3) is 0 Å². The first kappa shape index (κ1) is 17.1. The van der Waals surface area contributed by atoms with Crippen LogP contribution in [0.15, 0.2) is 22.9 Å². The molecule has 4 N–H and O–H groups in total. The van der Waals surface area contributed by atoms with Crippen LogP contribution in [0.4, 0.5) is 5.13 Å². The molecule has 1 aliphatic rings. The molecule has 3 rings (SSSR count). The minimum atomic E-state index is -0.0989. The number of rotatable bonds is 8. The number of amides is 2. The Morgan fingerprint density at radius 1 is 1.29 bits per heavy atom. The smallest absolute Gasteiger partial charge is 0.231 e. The molecule has 2 aromatic heterocycles. The molecule has 2 aromatic rings. The second-order valence-corrected chi connectivity index (χ2v) is 7.82. The lowest BCUT2D eigenvalue weighted by Gasteiger charge is -2.10. The van der Waals surface area contributed by atoms with E-state index in [9.17, 15) is 9.59 Å². The van der Waals surface area contributed by atoms with Crippen LogP contribution in [0.3, 0.4) is 0 Å². The molecule has 2 heterocycles. The summed E-state index contributed by atoms with van der Waals surface area (Å²) in [6, 6.07) is 3.90. The molecule has 0 saturated heterocycles. The largest absolute Gasteiger partial charge is 0.354 e. The van der Waals surface area contributed by atoms with Crippen molar-refractivity contribution < 1.29 is 9.59 Å². The highest BCUT2D eigenvalue weighted by Crippen LogP contribution is 2.31. The summed E-state index contributed by atoms with van der Waals surface area (Å²) in [6.07, 6.45) is 2.87. The van der Waals surface area contributed by atoms with Crippen molar-refractivity contribution in [2.75, 3.05) is 11.9 Å². The van der Waals surface area contributed by atoms with Gasteiger partial charge >= 0.3 is 0 Å². The molecule has 0 bridgehead atoms. The first-order valence-electron chi connectivity index (χ1n) is 7.89. The van der Waals surface area contributed by atoms with Gasteiger partial charge in [0.2, 0.25) is 11.8 Å². The summed E-state index contributed by atoms with van der Waals surface area (Å²) in [7, 11) is 0. The van der Waals surface area contributed by atoms with E-state index in [-0.39, 0.29) is 24.3 Å². The molecule has 8 heteroatoms. The van der Waals surface area contributed by atoms with E-state index in [0.717, 1.165) is 17.7 Å². The number of aromatic nitrogens is 1. The van der Waals surface area contributed by atoms with Crippen molar-refractivity contribution in [3.8, 4) is 0 Å². The summed E-state index contributed by atoms with van der Waals surface area (Å²) >= 11 is 2.88. The second kappa shape index (κ2) is 7.87. The zero-order valence-corrected chi connectivity index (χ0v) is 14.8. The Morgan fingerprint density at radius 3 is 2.83 bits per heavy atom. The van der Waals surface area contributed by atoms with E-state index in [4.69, 9.17) is 5.73 Å². The normalized spacial score (nSPS) is 15.0. The monoisotopic (exact) mass is 364 g/mol. The lowest BCUT2D eigenvalue weighted by Crippen LogP contribution is -2.39. The Labute approximate surface area is 148 Å². The maximum atomic E-state index is 11.9. The van der Waals surface area contributed by atoms with Crippen molar-refractivity contribution in [1.82, 2.24) is 10.3 Å². The van der Waals surface area contributed by atoms with E-state index in [1.54, 1.807) is 16.7 Å². The summed E-state index contributed by atoms with van der Waals surface area (Å²) in [4.78, 5) is 29.1. The average Bonchev–Trinajstić information content (AvgIpc) is 3.12. The van der Waals surface area contributed by atoms with Gasteiger partial charge in [-0.2, -0.15) is 0 Å². The average molecular weight is 364 g/mol. The lowest BCUT2D eigenvalue weighted by molar-refractivity contribution is -0.120. The van der Waals surface area contributed by atoms with E-state index in [1.165, 1.54) is 11.3 Å². The number of hydrogen-bond acceptors (Lipinski definition) is 6. The summed E-state index contributed by atoms with van der Waals surface area (Å²) in [5.41, 5.74) is 6.62. The second-order valence-electron chi connectivity index (χ2n) is 5.93. The summed E-state index contributed by atoms with van der Waals surface area (Å²) < 4.78 is 0. The van der Waals surface area contributed by atoms with Crippen LogP contribution in [0, 0.1) is 5.92 Å². The molecule has 0 radical (unpaired) electrons. The Bertz CT molecular complexity index is 695. The maximum absolute atomic E-state index is 11.9. The Kier molecular flexibility index (Phi) is 5.60. The molecule has 1 aliphatic carbocycles. The van der Waals surface area contributed by atoms with Gasteiger partial charge in [0.25, 0.3) is 0 Å². The van der Waals surface area contributed by atoms with Crippen LogP contribution in [0.1, 0.15) is 23.4 Å². The molecule has 2 amide bonds. The van der Waals surface area contributed by atoms with Crippen LogP contribution < -0.4 is 16.4 Å². The summed E-state index contributed by atoms with van der Waals surface area (Å²) in [5.74, 6) is 0.376. The van der Waals surface area contributed by atoms with E-state index < -0.39 is 0 Å². The third-order valence-corrected chi connectivity index (χ3v) is 5.50. The topological polar surface area (TPSA) is 97.1 Å². The lowest BCUT2D eigenvalue weighted by atomic mass is 10.2. The van der Waals surface area contributed by atoms with Gasteiger partial charge < -0.3 is 16.4 Å². The molecule has 0 aliphatic heterocycles. The van der Waals surface area contributed by atoms with E-state index in [0.29, 0.717) is 29.7 Å². The molecule has 1 unspecified atom stereocenters. The number of hydrogen-bond donors (Lipinski definition) is 3. The van der Waals surface area contributed by atoms with Gasteiger partial charge in [0.15, 0.2) is 5.13 Å². The highest BCUT2D eigenvalue weighted by molar-refractivity contribution is 7.14. The SMILES string of the molecule is NC(CNC(=O)Cc1csc(NC(=O)Cc2cccs2)n1)C1CC1. The minimum Gasteiger partial charge on any atom is -0.354 e. The highest BCUT2D eigenvalue weighted by Gasteiger charge is 2.28. The molecule has 0 spiro atoms. The van der Waals surface area contributed by atoms with Gasteiger partial charge in [-0.05, 0) is 30.2 Å². The number of thiophene rings is 1. The van der Waals surface area contributed by atoms with Crippen LogP contribution >= 0.6 is 22.7 Å². The first-order chi connectivity index (χ1) is 11.6. The van der Waals surface area contributed by atoms with Crippen LogP contribution in [0.2, 0.25) is 0 Å². The predicted octanol–water partition coefficient (Wildman–Crippen LogP) is 1.78. The molecule has 128 valence electrons. The molecule has 24 heavy (non-hydrogen) atoms. The van der Waals surface area contributed by atoms with Gasteiger partial charge in [0.05, 0.1) is 18.5 Å². The number of carbonyl (C=O) groups excluding carboxylic acids is 2. The standard InChI is InChI=1S/C16H20N4O2S2/c17-13(10-3-4-10)8-18-14(21)6-11-9-24-16(19-11)20-15(22)7-12-2-1-5-23-12/h1-2,5,9-10,13H,3-4,6-8,17H2,(H,18,21)(H,19,20,22). The number of thiazole rings is 1. The summed E-state index contributed by atoms with van der Waals surface area (Å²) in [5, 5.41) is 9.87. The van der Waals surface area contributed by atoms with Crippen LogP contribution in [0.5, 0.6) is 0 Å². The van der Waals surface area contributed by atoms with Crippen molar-refractivity contribution in [2.45, 2.75) is 31.7 Å². The zero-order chi connectivity index (χ0) is 16.9.